The van der Waals surface area contributed by atoms with Gasteiger partial charge >= 0.3 is 0 Å². The van der Waals surface area contributed by atoms with Crippen LogP contribution in [0.25, 0.3) is 0 Å². The van der Waals surface area contributed by atoms with Crippen molar-refractivity contribution in [2.24, 2.45) is 5.73 Å². The van der Waals surface area contributed by atoms with E-state index in [0.29, 0.717) is 16.9 Å². The molecule has 1 aromatic carbocycles. The monoisotopic (exact) mass is 467 g/mol. The van der Waals surface area contributed by atoms with Gasteiger partial charge in [0.25, 0.3) is 21.8 Å². The molecule has 2 heterocycles. The van der Waals surface area contributed by atoms with Gasteiger partial charge in [0.2, 0.25) is 0 Å². The van der Waals surface area contributed by atoms with Gasteiger partial charge in [0.05, 0.1) is 12.7 Å². The van der Waals surface area contributed by atoms with E-state index in [4.69, 9.17) is 10.5 Å². The minimum atomic E-state index is -4.07. The smallest absolute Gasteiger partial charge is 0.276 e. The van der Waals surface area contributed by atoms with Crippen molar-refractivity contribution in [1.29, 1.82) is 0 Å². The Morgan fingerprint density at radius 2 is 2.06 bits per heavy atom. The van der Waals surface area contributed by atoms with Gasteiger partial charge in [-0.25, -0.2) is 12.8 Å². The normalized spacial score (nSPS) is 11.5. The van der Waals surface area contributed by atoms with Crippen LogP contribution in [0, 0.1) is 5.82 Å². The highest BCUT2D eigenvalue weighted by molar-refractivity contribution is 7.91. The van der Waals surface area contributed by atoms with Crippen LogP contribution in [0.2, 0.25) is 0 Å². The van der Waals surface area contributed by atoms with Gasteiger partial charge in [0, 0.05) is 19.8 Å². The van der Waals surface area contributed by atoms with Crippen molar-refractivity contribution in [2.45, 2.75) is 10.8 Å². The van der Waals surface area contributed by atoms with Crippen LogP contribution in [0.5, 0.6) is 5.75 Å². The van der Waals surface area contributed by atoms with E-state index in [1.54, 1.807) is 0 Å². The predicted molar refractivity (Wildman–Crippen MR) is 111 cm³/mol. The van der Waals surface area contributed by atoms with Crippen molar-refractivity contribution in [3.8, 4) is 5.75 Å². The lowest BCUT2D eigenvalue weighted by Gasteiger charge is -2.16. The van der Waals surface area contributed by atoms with Gasteiger partial charge in [0.1, 0.15) is 14.9 Å². The minimum absolute atomic E-state index is 0.0250. The van der Waals surface area contributed by atoms with E-state index in [9.17, 15) is 22.4 Å². The van der Waals surface area contributed by atoms with Crippen molar-refractivity contribution in [1.82, 2.24) is 14.5 Å². The van der Waals surface area contributed by atoms with Crippen molar-refractivity contribution in [2.75, 3.05) is 19.5 Å². The largest absolute Gasteiger partial charge is 0.494 e. The van der Waals surface area contributed by atoms with E-state index in [0.717, 1.165) is 10.4 Å². The molecular formula is C18H18FN5O5S2. The van der Waals surface area contributed by atoms with Crippen LogP contribution >= 0.6 is 11.3 Å². The van der Waals surface area contributed by atoms with Gasteiger partial charge in [-0.05, 0) is 29.8 Å². The third-order valence-corrected chi connectivity index (χ3v) is 7.52. The number of methoxy groups -OCH3 is 1. The zero-order valence-electron chi connectivity index (χ0n) is 16.4. The Balaban J connectivity index is 1.87. The van der Waals surface area contributed by atoms with E-state index < -0.39 is 27.7 Å². The number of H-pyrrole nitrogens is 1. The summed E-state index contributed by atoms with van der Waals surface area (Å²) < 4.78 is 45.5. The Bertz CT molecular complexity index is 1220. The maximum atomic E-state index is 13.9. The maximum Gasteiger partial charge on any atom is 0.276 e. The fourth-order valence-corrected chi connectivity index (χ4v) is 5.37. The molecule has 0 aliphatic heterocycles. The first kappa shape index (κ1) is 22.4. The second-order valence-electron chi connectivity index (χ2n) is 6.32. The van der Waals surface area contributed by atoms with Gasteiger partial charge in [-0.3, -0.25) is 14.7 Å². The third kappa shape index (κ3) is 4.73. The molecule has 0 saturated carbocycles. The molecule has 0 fully saturated rings. The summed E-state index contributed by atoms with van der Waals surface area (Å²) in [6.07, 6.45) is 1.44. The number of thiophene rings is 1. The number of anilines is 1. The number of carbonyl (C=O) groups excluding carboxylic acids is 2. The summed E-state index contributed by atoms with van der Waals surface area (Å²) in [6.45, 7) is -0.137. The number of nitrogens with one attached hydrogen (secondary N) is 2. The summed E-state index contributed by atoms with van der Waals surface area (Å²) in [4.78, 5) is 24.0. The lowest BCUT2D eigenvalue weighted by Crippen LogP contribution is -2.26. The van der Waals surface area contributed by atoms with Crippen LogP contribution in [0.3, 0.4) is 0 Å². The summed E-state index contributed by atoms with van der Waals surface area (Å²) in [6, 6.07) is 6.60. The van der Waals surface area contributed by atoms with Crippen LogP contribution in [-0.4, -0.2) is 48.9 Å². The van der Waals surface area contributed by atoms with Crippen LogP contribution in [-0.2, 0) is 16.6 Å². The number of benzene rings is 1. The number of nitrogens with zero attached hydrogens (tertiary/aromatic N) is 2. The van der Waals surface area contributed by atoms with Crippen LogP contribution < -0.4 is 15.8 Å². The molecule has 0 atom stereocenters. The average molecular weight is 468 g/mol. The van der Waals surface area contributed by atoms with Gasteiger partial charge in [0.15, 0.2) is 11.6 Å². The summed E-state index contributed by atoms with van der Waals surface area (Å²) in [5.74, 6) is -2.14. The van der Waals surface area contributed by atoms with Crippen molar-refractivity contribution >= 4 is 38.2 Å². The highest BCUT2D eigenvalue weighted by Crippen LogP contribution is 2.33. The molecule has 4 N–H and O–H groups in total. The SMILES string of the molecule is COc1ccc(CN(C)S(=O)(=O)c2cc(C(N)=O)c(NC(=O)c3cc[nH]n3)s2)cc1F. The lowest BCUT2D eigenvalue weighted by atomic mass is 10.2. The standard InChI is InChI=1S/C18H18FN5O5S2/c1-24(9-10-3-4-14(29-2)12(19)7-10)31(27,28)15-8-11(16(20)25)18(30-15)22-17(26)13-5-6-21-23-13/h3-8H,9H2,1-2H3,(H2,20,25)(H,21,23)(H,22,26). The molecule has 10 nitrogen and oxygen atoms in total. The number of rotatable bonds is 8. The number of hydrogen-bond donors (Lipinski definition) is 3. The molecule has 3 aromatic rings. The van der Waals surface area contributed by atoms with Crippen LogP contribution in [0.4, 0.5) is 9.39 Å². The Morgan fingerprint density at radius 3 is 2.65 bits per heavy atom. The molecule has 2 aromatic heterocycles. The van der Waals surface area contributed by atoms with Gasteiger partial charge in [-0.15, -0.1) is 11.3 Å². The molecule has 0 spiro atoms. The summed E-state index contributed by atoms with van der Waals surface area (Å²) in [5, 5.41) is 8.62. The highest BCUT2D eigenvalue weighted by Gasteiger charge is 2.28. The fourth-order valence-electron chi connectivity index (χ4n) is 2.63. The van der Waals surface area contributed by atoms with Crippen LogP contribution in [0.15, 0.2) is 40.7 Å². The molecule has 31 heavy (non-hydrogen) atoms. The molecule has 0 aliphatic rings. The number of aromatic nitrogens is 2. The number of nitrogens with two attached hydrogens (primary N) is 1. The van der Waals surface area contributed by atoms with Crippen molar-refractivity contribution in [3.05, 3.63) is 59.2 Å². The third-order valence-electron chi connectivity index (χ3n) is 4.22. The molecular weight excluding hydrogens is 449 g/mol. The number of primary amides is 1. The average Bonchev–Trinajstić information content (AvgIpc) is 3.38. The van der Waals surface area contributed by atoms with Crippen LogP contribution in [0.1, 0.15) is 26.4 Å². The molecule has 0 bridgehead atoms. The molecule has 3 rings (SSSR count). The number of hydrogen-bond acceptors (Lipinski definition) is 7. The predicted octanol–water partition coefficient (Wildman–Crippen LogP) is 1.79. The summed E-state index contributed by atoms with van der Waals surface area (Å²) in [5.41, 5.74) is 5.63. The maximum absolute atomic E-state index is 13.9. The second-order valence-corrected chi connectivity index (χ2v) is 9.64. The Kier molecular flexibility index (Phi) is 6.38. The van der Waals surface area contributed by atoms with E-state index in [-0.39, 0.29) is 32.8 Å². The molecule has 0 aliphatic carbocycles. The first-order valence-corrected chi connectivity index (χ1v) is 10.9. The van der Waals surface area contributed by atoms with Crippen molar-refractivity contribution in [3.63, 3.8) is 0 Å². The number of aromatic amines is 1. The van der Waals surface area contributed by atoms with Gasteiger partial charge < -0.3 is 15.8 Å². The fraction of sp³-hybridized carbons (Fsp3) is 0.167. The Morgan fingerprint density at radius 1 is 1.32 bits per heavy atom. The first-order chi connectivity index (χ1) is 14.6. The second kappa shape index (κ2) is 8.83. The topological polar surface area (TPSA) is 147 Å². The zero-order chi connectivity index (χ0) is 22.8. The first-order valence-electron chi connectivity index (χ1n) is 8.67. The highest BCUT2D eigenvalue weighted by atomic mass is 32.2. The minimum Gasteiger partial charge on any atom is -0.494 e. The molecule has 164 valence electrons. The zero-order valence-corrected chi connectivity index (χ0v) is 18.0. The van der Waals surface area contributed by atoms with E-state index in [1.807, 2.05) is 0 Å². The van der Waals surface area contributed by atoms with E-state index in [1.165, 1.54) is 44.6 Å². The number of sulfonamides is 1. The molecule has 0 unspecified atom stereocenters. The number of amides is 2. The Labute approximate surface area is 180 Å². The van der Waals surface area contributed by atoms with Crippen molar-refractivity contribution < 1.29 is 27.1 Å². The number of halogens is 1. The Hall–Kier alpha value is -3.29. The quantitative estimate of drug-likeness (QED) is 0.460. The van der Waals surface area contributed by atoms with E-state index in [2.05, 4.69) is 15.5 Å². The molecule has 2 amide bonds. The van der Waals surface area contributed by atoms with E-state index >= 15 is 0 Å². The number of ether oxygens (including phenoxy) is 1. The van der Waals surface area contributed by atoms with Gasteiger partial charge in [-0.1, -0.05) is 6.07 Å². The summed E-state index contributed by atoms with van der Waals surface area (Å²) >= 11 is 0.674. The lowest BCUT2D eigenvalue weighted by molar-refractivity contribution is 0.100. The number of carbonyl (C=O) groups is 2. The molecule has 0 radical (unpaired) electrons. The summed E-state index contributed by atoms with van der Waals surface area (Å²) in [7, 11) is -1.44. The van der Waals surface area contributed by atoms with Gasteiger partial charge in [-0.2, -0.15) is 9.40 Å². The molecule has 0 saturated heterocycles. The molecule has 13 heteroatoms.